The fourth-order valence-corrected chi connectivity index (χ4v) is 3.84. The Morgan fingerprint density at radius 2 is 2.17 bits per heavy atom. The summed E-state index contributed by atoms with van der Waals surface area (Å²) < 4.78 is 31.4. The molecule has 0 unspecified atom stereocenters. The van der Waals surface area contributed by atoms with Gasteiger partial charge in [0.1, 0.15) is 12.4 Å². The van der Waals surface area contributed by atoms with Gasteiger partial charge >= 0.3 is 0 Å². The van der Waals surface area contributed by atoms with Crippen LogP contribution in [-0.4, -0.2) is 43.6 Å². The molecule has 0 radical (unpaired) electrons. The number of fused-ring (bicyclic) bond motifs is 1. The highest BCUT2D eigenvalue weighted by Crippen LogP contribution is 2.26. The van der Waals surface area contributed by atoms with Crippen LogP contribution in [0.5, 0.6) is 5.75 Å². The molecule has 0 bridgehead atoms. The molecule has 0 saturated heterocycles. The normalized spacial score (nSPS) is 18.4. The van der Waals surface area contributed by atoms with Gasteiger partial charge in [-0.25, -0.2) is 8.42 Å². The molecule has 0 spiro atoms. The van der Waals surface area contributed by atoms with E-state index in [-0.39, 0.29) is 11.7 Å². The summed E-state index contributed by atoms with van der Waals surface area (Å²) in [7, 11) is -3.24. The summed E-state index contributed by atoms with van der Waals surface area (Å²) in [5.41, 5.74) is 1.89. The summed E-state index contributed by atoms with van der Waals surface area (Å²) in [5, 5.41) is 2.98. The molecule has 1 heterocycles. The molecule has 0 aromatic heterocycles. The molecule has 1 aliphatic carbocycles. The van der Waals surface area contributed by atoms with E-state index in [0.717, 1.165) is 29.7 Å². The predicted molar refractivity (Wildman–Crippen MR) is 91.3 cm³/mol. The lowest BCUT2D eigenvalue weighted by atomic mass is 10.1. The average molecular weight is 352 g/mol. The summed E-state index contributed by atoms with van der Waals surface area (Å²) in [4.78, 5) is 11.8. The van der Waals surface area contributed by atoms with E-state index in [0.29, 0.717) is 38.6 Å². The van der Waals surface area contributed by atoms with Gasteiger partial charge in [0.2, 0.25) is 15.9 Å². The van der Waals surface area contributed by atoms with Gasteiger partial charge in [-0.15, -0.1) is 0 Å². The zero-order valence-electron chi connectivity index (χ0n) is 14.0. The topological polar surface area (TPSA) is 75.7 Å². The fourth-order valence-electron chi connectivity index (χ4n) is 2.78. The highest BCUT2D eigenvalue weighted by atomic mass is 32.2. The zero-order valence-corrected chi connectivity index (χ0v) is 14.8. The summed E-state index contributed by atoms with van der Waals surface area (Å²) in [6, 6.07) is 6.17. The maximum Gasteiger partial charge on any atom is 0.220 e. The third-order valence-electron chi connectivity index (χ3n) is 4.41. The quantitative estimate of drug-likeness (QED) is 0.841. The first-order valence-corrected chi connectivity index (χ1v) is 10.1. The van der Waals surface area contributed by atoms with E-state index < -0.39 is 10.0 Å². The number of sulfonamides is 1. The first kappa shape index (κ1) is 17.2. The van der Waals surface area contributed by atoms with Crippen LogP contribution in [0.25, 0.3) is 0 Å². The predicted octanol–water partition coefficient (Wildman–Crippen LogP) is 1.44. The molecule has 132 valence electrons. The Morgan fingerprint density at radius 1 is 1.38 bits per heavy atom. The number of carbonyl (C=O) groups excluding carboxylic acids is 1. The van der Waals surface area contributed by atoms with Crippen molar-refractivity contribution in [1.29, 1.82) is 0 Å². The van der Waals surface area contributed by atoms with Gasteiger partial charge in [0.05, 0.1) is 5.75 Å². The molecule has 0 atom stereocenters. The molecule has 7 heteroatoms. The smallest absolute Gasteiger partial charge is 0.220 e. The van der Waals surface area contributed by atoms with Crippen LogP contribution in [0.3, 0.4) is 0 Å². The van der Waals surface area contributed by atoms with Gasteiger partial charge in [0.15, 0.2) is 0 Å². The molecule has 6 nitrogen and oxygen atoms in total. The van der Waals surface area contributed by atoms with Crippen molar-refractivity contribution in [3.8, 4) is 5.75 Å². The number of ether oxygens (including phenoxy) is 1. The highest BCUT2D eigenvalue weighted by molar-refractivity contribution is 7.89. The first-order valence-electron chi connectivity index (χ1n) is 8.49. The van der Waals surface area contributed by atoms with Crippen LogP contribution < -0.4 is 10.1 Å². The number of hydrogen-bond acceptors (Lipinski definition) is 4. The standard InChI is InChI=1S/C17H24N2O4S/c1-2-24(21,22)19-9-10-23-16-7-3-13(11-14(16)12-19)4-8-17(20)18-15-5-6-15/h3,7,11,15H,2,4-6,8-10,12H2,1H3,(H,18,20). The number of nitrogens with zero attached hydrogens (tertiary/aromatic N) is 1. The van der Waals surface area contributed by atoms with E-state index >= 15 is 0 Å². The van der Waals surface area contributed by atoms with Crippen LogP contribution in [0, 0.1) is 0 Å². The van der Waals surface area contributed by atoms with Gasteiger partial charge in [-0.2, -0.15) is 4.31 Å². The second-order valence-electron chi connectivity index (χ2n) is 6.37. The Bertz CT molecular complexity index is 713. The molecule has 2 aliphatic rings. The summed E-state index contributed by atoms with van der Waals surface area (Å²) >= 11 is 0. The fraction of sp³-hybridized carbons (Fsp3) is 0.588. The minimum Gasteiger partial charge on any atom is -0.492 e. The van der Waals surface area contributed by atoms with Crippen molar-refractivity contribution in [1.82, 2.24) is 9.62 Å². The van der Waals surface area contributed by atoms with Crippen LogP contribution in [0.15, 0.2) is 18.2 Å². The number of amides is 1. The third-order valence-corrected chi connectivity index (χ3v) is 6.24. The van der Waals surface area contributed by atoms with Crippen molar-refractivity contribution in [3.63, 3.8) is 0 Å². The number of aryl methyl sites for hydroxylation is 1. The molecule has 1 aromatic carbocycles. The second-order valence-corrected chi connectivity index (χ2v) is 8.62. The van der Waals surface area contributed by atoms with Crippen LogP contribution in [-0.2, 0) is 27.8 Å². The molecule has 1 aromatic rings. The average Bonchev–Trinajstić information content (AvgIpc) is 3.38. The maximum atomic E-state index is 12.1. The number of hydrogen-bond donors (Lipinski definition) is 1. The summed E-state index contributed by atoms with van der Waals surface area (Å²) in [6.45, 7) is 2.70. The maximum absolute atomic E-state index is 12.1. The Balaban J connectivity index is 1.68. The van der Waals surface area contributed by atoms with Gasteiger partial charge in [-0.05, 0) is 37.8 Å². The summed E-state index contributed by atoms with van der Waals surface area (Å²) in [5.74, 6) is 0.900. The largest absolute Gasteiger partial charge is 0.492 e. The molecule has 1 saturated carbocycles. The van der Waals surface area contributed by atoms with Crippen molar-refractivity contribution >= 4 is 15.9 Å². The lowest BCUT2D eigenvalue weighted by molar-refractivity contribution is -0.121. The van der Waals surface area contributed by atoms with E-state index in [1.165, 1.54) is 4.31 Å². The molecule has 3 rings (SSSR count). The lowest BCUT2D eigenvalue weighted by Gasteiger charge is -2.18. The summed E-state index contributed by atoms with van der Waals surface area (Å²) in [6.07, 6.45) is 3.27. The second kappa shape index (κ2) is 7.11. The van der Waals surface area contributed by atoms with Gasteiger partial charge in [-0.3, -0.25) is 4.79 Å². The minimum atomic E-state index is -3.24. The Labute approximate surface area is 143 Å². The molecule has 1 amide bonds. The zero-order chi connectivity index (χ0) is 17.2. The monoisotopic (exact) mass is 352 g/mol. The molecule has 1 N–H and O–H groups in total. The van der Waals surface area contributed by atoms with Crippen molar-refractivity contribution in [2.75, 3.05) is 18.9 Å². The van der Waals surface area contributed by atoms with Crippen LogP contribution >= 0.6 is 0 Å². The van der Waals surface area contributed by atoms with Crippen molar-refractivity contribution in [2.45, 2.75) is 45.2 Å². The molecular weight excluding hydrogens is 328 g/mol. The Kier molecular flexibility index (Phi) is 5.10. The van der Waals surface area contributed by atoms with E-state index in [1.807, 2.05) is 18.2 Å². The van der Waals surface area contributed by atoms with Crippen LogP contribution in [0.2, 0.25) is 0 Å². The van der Waals surface area contributed by atoms with Gasteiger partial charge in [0, 0.05) is 31.1 Å². The van der Waals surface area contributed by atoms with Gasteiger partial charge in [-0.1, -0.05) is 12.1 Å². The molecule has 24 heavy (non-hydrogen) atoms. The SMILES string of the molecule is CCS(=O)(=O)N1CCOc2ccc(CCC(=O)NC3CC3)cc2C1. The van der Waals surface area contributed by atoms with Gasteiger partial charge in [0.25, 0.3) is 0 Å². The number of rotatable bonds is 6. The van der Waals surface area contributed by atoms with Gasteiger partial charge < -0.3 is 10.1 Å². The van der Waals surface area contributed by atoms with Crippen molar-refractivity contribution in [2.24, 2.45) is 0 Å². The Morgan fingerprint density at radius 3 is 2.88 bits per heavy atom. The number of carbonyl (C=O) groups is 1. The lowest BCUT2D eigenvalue weighted by Crippen LogP contribution is -2.33. The molecular formula is C17H24N2O4S. The third kappa shape index (κ3) is 4.27. The van der Waals surface area contributed by atoms with E-state index in [1.54, 1.807) is 6.92 Å². The Hall–Kier alpha value is -1.60. The van der Waals surface area contributed by atoms with Crippen molar-refractivity contribution < 1.29 is 17.9 Å². The number of nitrogens with one attached hydrogen (secondary N) is 1. The van der Waals surface area contributed by atoms with E-state index in [2.05, 4.69) is 5.32 Å². The first-order chi connectivity index (χ1) is 11.5. The van der Waals surface area contributed by atoms with Crippen LogP contribution in [0.1, 0.15) is 37.3 Å². The molecule has 1 fully saturated rings. The number of benzene rings is 1. The highest BCUT2D eigenvalue weighted by Gasteiger charge is 2.25. The van der Waals surface area contributed by atoms with E-state index in [4.69, 9.17) is 4.74 Å². The minimum absolute atomic E-state index is 0.0823. The van der Waals surface area contributed by atoms with Crippen molar-refractivity contribution in [3.05, 3.63) is 29.3 Å². The van der Waals surface area contributed by atoms with E-state index in [9.17, 15) is 13.2 Å². The van der Waals surface area contributed by atoms with Crippen LogP contribution in [0.4, 0.5) is 0 Å². The molecule has 1 aliphatic heterocycles.